The maximum absolute atomic E-state index is 12.7. The van der Waals surface area contributed by atoms with Gasteiger partial charge in [-0.2, -0.15) is 0 Å². The van der Waals surface area contributed by atoms with E-state index in [0.29, 0.717) is 17.9 Å². The smallest absolute Gasteiger partial charge is 0.255 e. The van der Waals surface area contributed by atoms with Gasteiger partial charge in [0.15, 0.2) is 0 Å². The Balaban J connectivity index is 1.33. The lowest BCUT2D eigenvalue weighted by Crippen LogP contribution is -2.41. The second-order valence-corrected chi connectivity index (χ2v) is 7.24. The maximum atomic E-state index is 12.7. The Labute approximate surface area is 158 Å². The molecule has 2 aliphatic rings. The van der Waals surface area contributed by atoms with Crippen LogP contribution in [0.4, 0.5) is 0 Å². The molecule has 0 spiro atoms. The van der Waals surface area contributed by atoms with Crippen molar-refractivity contribution in [3.8, 4) is 11.3 Å². The standard InChI is InChI=1S/C20H23N5O2/c26-19-2-1-7-25(19)13-15-5-8-24(9-6-15)20(27)16-3-4-18(23-12-16)17-10-21-14-22-11-17/h3-4,10-12,14-15H,1-2,5-9,13H2. The molecule has 0 atom stereocenters. The number of piperidine rings is 1. The molecule has 0 saturated carbocycles. The molecule has 7 heteroatoms. The number of pyridine rings is 1. The van der Waals surface area contributed by atoms with Crippen molar-refractivity contribution in [1.82, 2.24) is 24.8 Å². The third kappa shape index (κ3) is 3.97. The molecule has 0 aliphatic carbocycles. The Morgan fingerprint density at radius 2 is 1.85 bits per heavy atom. The summed E-state index contributed by atoms with van der Waals surface area (Å²) in [5, 5.41) is 0. The zero-order chi connectivity index (χ0) is 18.6. The van der Waals surface area contributed by atoms with Crippen LogP contribution in [-0.4, -0.2) is 62.7 Å². The first kappa shape index (κ1) is 17.6. The lowest BCUT2D eigenvalue weighted by Gasteiger charge is -2.34. The number of rotatable bonds is 4. The average Bonchev–Trinajstić information content (AvgIpc) is 3.13. The van der Waals surface area contributed by atoms with E-state index in [0.717, 1.165) is 56.7 Å². The number of amides is 2. The van der Waals surface area contributed by atoms with E-state index in [4.69, 9.17) is 0 Å². The van der Waals surface area contributed by atoms with Crippen molar-refractivity contribution in [3.63, 3.8) is 0 Å². The minimum atomic E-state index is 0.0223. The van der Waals surface area contributed by atoms with Crippen LogP contribution in [0.5, 0.6) is 0 Å². The average molecular weight is 365 g/mol. The molecule has 2 amide bonds. The van der Waals surface area contributed by atoms with Gasteiger partial charge in [0.1, 0.15) is 6.33 Å². The molecule has 0 aromatic carbocycles. The summed E-state index contributed by atoms with van der Waals surface area (Å²) in [6, 6.07) is 3.64. The molecule has 2 saturated heterocycles. The summed E-state index contributed by atoms with van der Waals surface area (Å²) in [7, 11) is 0. The third-order valence-electron chi connectivity index (χ3n) is 5.42. The molecule has 0 N–H and O–H groups in total. The van der Waals surface area contributed by atoms with Gasteiger partial charge in [-0.05, 0) is 37.3 Å². The monoisotopic (exact) mass is 365 g/mol. The highest BCUT2D eigenvalue weighted by Crippen LogP contribution is 2.23. The predicted octanol–water partition coefficient (Wildman–Crippen LogP) is 2.01. The van der Waals surface area contributed by atoms with Crippen LogP contribution in [0.15, 0.2) is 37.1 Å². The summed E-state index contributed by atoms with van der Waals surface area (Å²) >= 11 is 0. The van der Waals surface area contributed by atoms with E-state index in [9.17, 15) is 9.59 Å². The molecular formula is C20H23N5O2. The van der Waals surface area contributed by atoms with Crippen LogP contribution < -0.4 is 0 Å². The molecule has 2 fully saturated rings. The van der Waals surface area contributed by atoms with Crippen LogP contribution in [0, 0.1) is 5.92 Å². The molecule has 2 aliphatic heterocycles. The fourth-order valence-electron chi connectivity index (χ4n) is 3.83. The molecule has 4 heterocycles. The number of aromatic nitrogens is 3. The first-order chi connectivity index (χ1) is 13.2. The quantitative estimate of drug-likeness (QED) is 0.828. The fourth-order valence-corrected chi connectivity index (χ4v) is 3.83. The van der Waals surface area contributed by atoms with Crippen molar-refractivity contribution in [2.45, 2.75) is 25.7 Å². The topological polar surface area (TPSA) is 79.3 Å². The Morgan fingerprint density at radius 1 is 1.07 bits per heavy atom. The summed E-state index contributed by atoms with van der Waals surface area (Å²) < 4.78 is 0. The third-order valence-corrected chi connectivity index (χ3v) is 5.42. The number of carbonyl (C=O) groups excluding carboxylic acids is 2. The van der Waals surface area contributed by atoms with Gasteiger partial charge in [0.05, 0.1) is 11.3 Å². The van der Waals surface area contributed by atoms with E-state index < -0.39 is 0 Å². The highest BCUT2D eigenvalue weighted by Gasteiger charge is 2.28. The van der Waals surface area contributed by atoms with E-state index in [1.54, 1.807) is 18.6 Å². The van der Waals surface area contributed by atoms with Gasteiger partial charge in [-0.15, -0.1) is 0 Å². The summed E-state index contributed by atoms with van der Waals surface area (Å²) in [4.78, 5) is 40.8. The van der Waals surface area contributed by atoms with Gasteiger partial charge >= 0.3 is 0 Å². The van der Waals surface area contributed by atoms with Crippen LogP contribution in [0.2, 0.25) is 0 Å². The zero-order valence-corrected chi connectivity index (χ0v) is 15.3. The van der Waals surface area contributed by atoms with Gasteiger partial charge in [0.2, 0.25) is 5.91 Å². The van der Waals surface area contributed by atoms with E-state index in [1.807, 2.05) is 21.9 Å². The highest BCUT2D eigenvalue weighted by atomic mass is 16.2. The SMILES string of the molecule is O=C1CCCN1CC1CCN(C(=O)c2ccc(-c3cncnc3)nc2)CC1. The van der Waals surface area contributed by atoms with Crippen LogP contribution in [0.1, 0.15) is 36.0 Å². The summed E-state index contributed by atoms with van der Waals surface area (Å²) in [5.74, 6) is 0.798. The maximum Gasteiger partial charge on any atom is 0.255 e. The minimum absolute atomic E-state index is 0.0223. The summed E-state index contributed by atoms with van der Waals surface area (Å²) in [6.07, 6.45) is 10.1. The van der Waals surface area contributed by atoms with Crippen LogP contribution in [0.3, 0.4) is 0 Å². The van der Waals surface area contributed by atoms with Gasteiger partial charge in [-0.3, -0.25) is 14.6 Å². The van der Waals surface area contributed by atoms with Crippen molar-refractivity contribution >= 4 is 11.8 Å². The summed E-state index contributed by atoms with van der Waals surface area (Å²) in [6.45, 7) is 3.21. The number of likely N-dealkylation sites (tertiary alicyclic amines) is 2. The molecule has 0 unspecified atom stereocenters. The Kier molecular flexibility index (Phi) is 5.09. The zero-order valence-electron chi connectivity index (χ0n) is 15.3. The van der Waals surface area contributed by atoms with Crippen LogP contribution >= 0.6 is 0 Å². The highest BCUT2D eigenvalue weighted by molar-refractivity contribution is 5.94. The van der Waals surface area contributed by atoms with Gasteiger partial charge in [0, 0.05) is 56.8 Å². The van der Waals surface area contributed by atoms with Crippen molar-refractivity contribution in [3.05, 3.63) is 42.6 Å². The molecule has 140 valence electrons. The Hall–Kier alpha value is -2.83. The van der Waals surface area contributed by atoms with Crippen LogP contribution in [-0.2, 0) is 4.79 Å². The minimum Gasteiger partial charge on any atom is -0.342 e. The fraction of sp³-hybridized carbons (Fsp3) is 0.450. The number of carbonyl (C=O) groups is 2. The predicted molar refractivity (Wildman–Crippen MR) is 99.7 cm³/mol. The lowest BCUT2D eigenvalue weighted by atomic mass is 9.96. The second-order valence-electron chi connectivity index (χ2n) is 7.24. The molecule has 27 heavy (non-hydrogen) atoms. The molecule has 2 aromatic heterocycles. The molecule has 0 bridgehead atoms. The van der Waals surface area contributed by atoms with Crippen molar-refractivity contribution < 1.29 is 9.59 Å². The van der Waals surface area contributed by atoms with E-state index >= 15 is 0 Å². The van der Waals surface area contributed by atoms with Gasteiger partial charge < -0.3 is 9.80 Å². The molecule has 4 rings (SSSR count). The van der Waals surface area contributed by atoms with Crippen LogP contribution in [0.25, 0.3) is 11.3 Å². The van der Waals surface area contributed by atoms with Gasteiger partial charge in [0.25, 0.3) is 5.91 Å². The first-order valence-corrected chi connectivity index (χ1v) is 9.49. The molecule has 2 aromatic rings. The van der Waals surface area contributed by atoms with E-state index in [1.165, 1.54) is 6.33 Å². The Bertz CT molecular complexity index is 801. The number of nitrogens with zero attached hydrogens (tertiary/aromatic N) is 5. The normalized spacial score (nSPS) is 18.1. The van der Waals surface area contributed by atoms with Gasteiger partial charge in [-0.25, -0.2) is 9.97 Å². The summed E-state index contributed by atoms with van der Waals surface area (Å²) in [5.41, 5.74) is 2.18. The second kappa shape index (κ2) is 7.82. The number of hydrogen-bond donors (Lipinski definition) is 0. The Morgan fingerprint density at radius 3 is 2.48 bits per heavy atom. The van der Waals surface area contributed by atoms with E-state index in [2.05, 4.69) is 15.0 Å². The van der Waals surface area contributed by atoms with Gasteiger partial charge in [-0.1, -0.05) is 0 Å². The number of hydrogen-bond acceptors (Lipinski definition) is 5. The van der Waals surface area contributed by atoms with Crippen molar-refractivity contribution in [1.29, 1.82) is 0 Å². The lowest BCUT2D eigenvalue weighted by molar-refractivity contribution is -0.128. The molecule has 7 nitrogen and oxygen atoms in total. The molecule has 0 radical (unpaired) electrons. The van der Waals surface area contributed by atoms with Crippen molar-refractivity contribution in [2.75, 3.05) is 26.2 Å². The van der Waals surface area contributed by atoms with Crippen molar-refractivity contribution in [2.24, 2.45) is 5.92 Å². The first-order valence-electron chi connectivity index (χ1n) is 9.49. The van der Waals surface area contributed by atoms with E-state index in [-0.39, 0.29) is 11.8 Å². The largest absolute Gasteiger partial charge is 0.342 e. The molecular weight excluding hydrogens is 342 g/mol.